The Bertz CT molecular complexity index is 509. The lowest BCUT2D eigenvalue weighted by molar-refractivity contribution is -0.111. The molecule has 1 amide bonds. The van der Waals surface area contributed by atoms with Crippen molar-refractivity contribution < 1.29 is 4.79 Å². The molecule has 1 aliphatic heterocycles. The van der Waals surface area contributed by atoms with Crippen molar-refractivity contribution in [3.05, 3.63) is 48.6 Å². The first-order valence-corrected chi connectivity index (χ1v) is 7.64. The standard InChI is InChI=1S/C18H24N2O/c1-3-4-5-6-18(21)19-16-7-9-17(10-8-16)20-13-11-15(2)12-14-20/h3-10,15H,11-14H2,1-2H3,(H,19,21)/b4-3+,6-5+. The maximum Gasteiger partial charge on any atom is 0.248 e. The first-order valence-electron chi connectivity index (χ1n) is 7.64. The van der Waals surface area contributed by atoms with E-state index in [2.05, 4.69) is 29.3 Å². The fourth-order valence-corrected chi connectivity index (χ4v) is 2.46. The van der Waals surface area contributed by atoms with Gasteiger partial charge in [-0.15, -0.1) is 0 Å². The highest BCUT2D eigenvalue weighted by Crippen LogP contribution is 2.24. The van der Waals surface area contributed by atoms with Crippen LogP contribution in [0.2, 0.25) is 0 Å². The number of rotatable bonds is 4. The van der Waals surface area contributed by atoms with E-state index in [0.717, 1.165) is 24.7 Å². The SMILES string of the molecule is C/C=C/C=C/C(=O)Nc1ccc(N2CCC(C)CC2)cc1. The highest BCUT2D eigenvalue weighted by molar-refractivity contribution is 5.99. The number of hydrogen-bond donors (Lipinski definition) is 1. The zero-order valence-electron chi connectivity index (χ0n) is 12.9. The van der Waals surface area contributed by atoms with E-state index in [1.807, 2.05) is 31.2 Å². The smallest absolute Gasteiger partial charge is 0.248 e. The number of amides is 1. The minimum atomic E-state index is -0.104. The second-order valence-electron chi connectivity index (χ2n) is 5.59. The fourth-order valence-electron chi connectivity index (χ4n) is 2.46. The van der Waals surface area contributed by atoms with Gasteiger partial charge in [0, 0.05) is 30.5 Å². The van der Waals surface area contributed by atoms with Gasteiger partial charge in [0.25, 0.3) is 0 Å². The summed E-state index contributed by atoms with van der Waals surface area (Å²) in [5.74, 6) is 0.733. The number of benzene rings is 1. The Labute approximate surface area is 127 Å². The summed E-state index contributed by atoms with van der Waals surface area (Å²) in [5, 5.41) is 2.86. The lowest BCUT2D eigenvalue weighted by Gasteiger charge is -2.32. The second kappa shape index (κ2) is 7.67. The monoisotopic (exact) mass is 284 g/mol. The Hall–Kier alpha value is -2.03. The van der Waals surface area contributed by atoms with Gasteiger partial charge in [0.2, 0.25) is 5.91 Å². The van der Waals surface area contributed by atoms with Gasteiger partial charge < -0.3 is 10.2 Å². The molecule has 0 bridgehead atoms. The van der Waals surface area contributed by atoms with Gasteiger partial charge >= 0.3 is 0 Å². The van der Waals surface area contributed by atoms with Gasteiger partial charge in [-0.2, -0.15) is 0 Å². The van der Waals surface area contributed by atoms with E-state index < -0.39 is 0 Å². The molecule has 1 aromatic rings. The predicted octanol–water partition coefficient (Wildman–Crippen LogP) is 3.99. The summed E-state index contributed by atoms with van der Waals surface area (Å²) in [6.45, 7) is 6.48. The third-order valence-corrected chi connectivity index (χ3v) is 3.83. The first-order chi connectivity index (χ1) is 10.2. The molecule has 0 unspecified atom stereocenters. The molecule has 3 nitrogen and oxygen atoms in total. The number of anilines is 2. The molecular formula is C18H24N2O. The predicted molar refractivity (Wildman–Crippen MR) is 89.6 cm³/mol. The minimum absolute atomic E-state index is 0.104. The molecule has 1 aliphatic rings. The summed E-state index contributed by atoms with van der Waals surface area (Å²) in [4.78, 5) is 14.1. The van der Waals surface area contributed by atoms with Crippen LogP contribution in [-0.4, -0.2) is 19.0 Å². The molecule has 2 rings (SSSR count). The molecule has 21 heavy (non-hydrogen) atoms. The number of nitrogens with one attached hydrogen (secondary N) is 1. The van der Waals surface area contributed by atoms with Crippen molar-refractivity contribution in [3.63, 3.8) is 0 Å². The van der Waals surface area contributed by atoms with Crippen LogP contribution < -0.4 is 10.2 Å². The summed E-state index contributed by atoms with van der Waals surface area (Å²) in [7, 11) is 0. The van der Waals surface area contributed by atoms with Gasteiger partial charge in [-0.05, 0) is 49.9 Å². The molecule has 0 saturated carbocycles. The molecule has 0 aromatic heterocycles. The Morgan fingerprint density at radius 2 is 1.86 bits per heavy atom. The highest BCUT2D eigenvalue weighted by atomic mass is 16.1. The van der Waals surface area contributed by atoms with Gasteiger partial charge in [0.15, 0.2) is 0 Å². The van der Waals surface area contributed by atoms with Crippen LogP contribution in [0.25, 0.3) is 0 Å². The molecule has 1 N–H and O–H groups in total. The Balaban J connectivity index is 1.91. The maximum atomic E-state index is 11.7. The second-order valence-corrected chi connectivity index (χ2v) is 5.59. The van der Waals surface area contributed by atoms with Crippen LogP contribution in [0.3, 0.4) is 0 Å². The molecule has 0 aliphatic carbocycles. The molecular weight excluding hydrogens is 260 g/mol. The van der Waals surface area contributed by atoms with Gasteiger partial charge in [-0.3, -0.25) is 4.79 Å². The van der Waals surface area contributed by atoms with E-state index in [0.29, 0.717) is 0 Å². The van der Waals surface area contributed by atoms with Crippen LogP contribution in [0, 0.1) is 5.92 Å². The fraction of sp³-hybridized carbons (Fsp3) is 0.389. The minimum Gasteiger partial charge on any atom is -0.372 e. The van der Waals surface area contributed by atoms with E-state index in [4.69, 9.17) is 0 Å². The zero-order valence-corrected chi connectivity index (χ0v) is 12.9. The topological polar surface area (TPSA) is 32.3 Å². The van der Waals surface area contributed by atoms with E-state index in [1.165, 1.54) is 24.6 Å². The van der Waals surface area contributed by atoms with Crippen molar-refractivity contribution >= 4 is 17.3 Å². The number of carbonyl (C=O) groups is 1. The zero-order chi connectivity index (χ0) is 15.1. The molecule has 1 aromatic carbocycles. The lowest BCUT2D eigenvalue weighted by atomic mass is 9.99. The third-order valence-electron chi connectivity index (χ3n) is 3.83. The van der Waals surface area contributed by atoms with E-state index in [-0.39, 0.29) is 5.91 Å². The summed E-state index contributed by atoms with van der Waals surface area (Å²) in [6, 6.07) is 8.10. The molecule has 1 fully saturated rings. The average molecular weight is 284 g/mol. The Kier molecular flexibility index (Phi) is 5.61. The number of carbonyl (C=O) groups excluding carboxylic acids is 1. The normalized spacial score (nSPS) is 16.8. The lowest BCUT2D eigenvalue weighted by Crippen LogP contribution is -2.32. The van der Waals surface area contributed by atoms with Crippen LogP contribution in [0.15, 0.2) is 48.6 Å². The maximum absolute atomic E-state index is 11.7. The molecule has 0 atom stereocenters. The van der Waals surface area contributed by atoms with Gasteiger partial charge in [0.1, 0.15) is 0 Å². The van der Waals surface area contributed by atoms with Crippen molar-refractivity contribution in [1.29, 1.82) is 0 Å². The third kappa shape index (κ3) is 4.78. The Morgan fingerprint density at radius 3 is 2.48 bits per heavy atom. The first kappa shape index (κ1) is 15.4. The van der Waals surface area contributed by atoms with Gasteiger partial charge in [0.05, 0.1) is 0 Å². The molecule has 0 radical (unpaired) electrons. The average Bonchev–Trinajstić information content (AvgIpc) is 2.49. The quantitative estimate of drug-likeness (QED) is 0.669. The summed E-state index contributed by atoms with van der Waals surface area (Å²) in [6.07, 6.45) is 9.50. The van der Waals surface area contributed by atoms with Crippen molar-refractivity contribution in [1.82, 2.24) is 0 Å². The molecule has 1 heterocycles. The number of piperidine rings is 1. The van der Waals surface area contributed by atoms with Crippen molar-refractivity contribution in [3.8, 4) is 0 Å². The van der Waals surface area contributed by atoms with Gasteiger partial charge in [-0.25, -0.2) is 0 Å². The molecule has 1 saturated heterocycles. The molecule has 0 spiro atoms. The highest BCUT2D eigenvalue weighted by Gasteiger charge is 2.15. The van der Waals surface area contributed by atoms with Crippen LogP contribution in [0.4, 0.5) is 11.4 Å². The summed E-state index contributed by atoms with van der Waals surface area (Å²) >= 11 is 0. The van der Waals surface area contributed by atoms with Crippen molar-refractivity contribution in [2.45, 2.75) is 26.7 Å². The van der Waals surface area contributed by atoms with Crippen LogP contribution in [0.1, 0.15) is 26.7 Å². The van der Waals surface area contributed by atoms with Crippen molar-refractivity contribution in [2.75, 3.05) is 23.3 Å². The van der Waals surface area contributed by atoms with Crippen LogP contribution >= 0.6 is 0 Å². The van der Waals surface area contributed by atoms with E-state index in [9.17, 15) is 4.79 Å². The van der Waals surface area contributed by atoms with E-state index >= 15 is 0 Å². The summed E-state index contributed by atoms with van der Waals surface area (Å²) < 4.78 is 0. The van der Waals surface area contributed by atoms with E-state index in [1.54, 1.807) is 6.08 Å². The number of hydrogen-bond acceptors (Lipinski definition) is 2. The van der Waals surface area contributed by atoms with Crippen LogP contribution in [0.5, 0.6) is 0 Å². The summed E-state index contributed by atoms with van der Waals surface area (Å²) in [5.41, 5.74) is 2.07. The van der Waals surface area contributed by atoms with Crippen molar-refractivity contribution in [2.24, 2.45) is 5.92 Å². The largest absolute Gasteiger partial charge is 0.372 e. The molecule has 3 heteroatoms. The van der Waals surface area contributed by atoms with Gasteiger partial charge in [-0.1, -0.05) is 25.2 Å². The number of allylic oxidation sites excluding steroid dienone is 3. The molecule has 112 valence electrons. The number of nitrogens with zero attached hydrogens (tertiary/aromatic N) is 1. The van der Waals surface area contributed by atoms with Crippen LogP contribution in [-0.2, 0) is 4.79 Å². The Morgan fingerprint density at radius 1 is 1.19 bits per heavy atom.